The number of halogens is 2. The summed E-state index contributed by atoms with van der Waals surface area (Å²) in [5.74, 6) is -0.995. The summed E-state index contributed by atoms with van der Waals surface area (Å²) in [4.78, 5) is 11.4. The summed E-state index contributed by atoms with van der Waals surface area (Å²) in [5, 5.41) is 14.5. The van der Waals surface area contributed by atoms with E-state index in [9.17, 15) is 9.90 Å². The van der Waals surface area contributed by atoms with Crippen LogP contribution in [0.4, 0.5) is 0 Å². The Morgan fingerprint density at radius 2 is 1.95 bits per heavy atom. The van der Waals surface area contributed by atoms with Gasteiger partial charge in [-0.05, 0) is 37.8 Å². The maximum absolute atomic E-state index is 11.4. The molecule has 6 heteroatoms. The molecule has 110 valence electrons. The molecule has 0 spiro atoms. The Bertz CT molecular complexity index is 710. The standard InChI is InChI=1S/C15H14Cl2N2O2/c16-10-6-4-8-12(13(10)17)19-11-7-3-1-2-5-9(11)14(18-19)15(20)21/h4,6,8H,1-3,5,7H2,(H,20,21). The molecule has 0 unspecified atom stereocenters. The van der Waals surface area contributed by atoms with E-state index in [1.165, 1.54) is 0 Å². The molecular weight excluding hydrogens is 311 g/mol. The number of carbonyl (C=O) groups is 1. The Morgan fingerprint density at radius 1 is 1.19 bits per heavy atom. The number of carboxylic acid groups (broad SMARTS) is 1. The van der Waals surface area contributed by atoms with Crippen LogP contribution in [-0.4, -0.2) is 20.9 Å². The predicted octanol–water partition coefficient (Wildman–Crippen LogP) is 4.15. The number of rotatable bonds is 2. The first-order valence-corrected chi connectivity index (χ1v) is 7.63. The van der Waals surface area contributed by atoms with Crippen molar-refractivity contribution >= 4 is 29.2 Å². The normalized spacial score (nSPS) is 14.6. The van der Waals surface area contributed by atoms with Crippen LogP contribution in [0.2, 0.25) is 10.0 Å². The quantitative estimate of drug-likeness (QED) is 0.844. The molecule has 0 saturated carbocycles. The van der Waals surface area contributed by atoms with Crippen LogP contribution in [0.15, 0.2) is 18.2 Å². The lowest BCUT2D eigenvalue weighted by Crippen LogP contribution is -2.04. The van der Waals surface area contributed by atoms with Gasteiger partial charge in [-0.1, -0.05) is 35.7 Å². The van der Waals surface area contributed by atoms with E-state index in [0.717, 1.165) is 43.4 Å². The summed E-state index contributed by atoms with van der Waals surface area (Å²) in [6, 6.07) is 5.29. The van der Waals surface area contributed by atoms with E-state index in [4.69, 9.17) is 23.2 Å². The van der Waals surface area contributed by atoms with Crippen LogP contribution >= 0.6 is 23.2 Å². The van der Waals surface area contributed by atoms with Crippen molar-refractivity contribution in [3.63, 3.8) is 0 Å². The predicted molar refractivity (Wildman–Crippen MR) is 81.8 cm³/mol. The van der Waals surface area contributed by atoms with Gasteiger partial charge in [-0.2, -0.15) is 5.10 Å². The van der Waals surface area contributed by atoms with E-state index in [0.29, 0.717) is 15.7 Å². The molecule has 2 aromatic rings. The smallest absolute Gasteiger partial charge is 0.356 e. The molecule has 1 aromatic heterocycles. The first kappa shape index (κ1) is 14.4. The number of aromatic nitrogens is 2. The van der Waals surface area contributed by atoms with Gasteiger partial charge in [0.15, 0.2) is 5.69 Å². The third-order valence-corrected chi connectivity index (χ3v) is 4.60. The number of hydrogen-bond acceptors (Lipinski definition) is 2. The van der Waals surface area contributed by atoms with Crippen LogP contribution in [-0.2, 0) is 12.8 Å². The Hall–Kier alpha value is -1.52. The minimum atomic E-state index is -0.995. The molecule has 0 atom stereocenters. The summed E-state index contributed by atoms with van der Waals surface area (Å²) in [5.41, 5.74) is 2.53. The number of nitrogens with zero attached hydrogens (tertiary/aromatic N) is 2. The number of hydrogen-bond donors (Lipinski definition) is 1. The molecule has 21 heavy (non-hydrogen) atoms. The molecule has 1 aliphatic carbocycles. The number of aromatic carboxylic acids is 1. The Morgan fingerprint density at radius 3 is 2.71 bits per heavy atom. The molecule has 0 radical (unpaired) electrons. The zero-order chi connectivity index (χ0) is 15.0. The highest BCUT2D eigenvalue weighted by atomic mass is 35.5. The van der Waals surface area contributed by atoms with Gasteiger partial charge >= 0.3 is 5.97 Å². The Balaban J connectivity index is 2.23. The molecule has 0 aliphatic heterocycles. The van der Waals surface area contributed by atoms with E-state index in [-0.39, 0.29) is 5.69 Å². The summed E-state index contributed by atoms with van der Waals surface area (Å²) in [7, 11) is 0. The lowest BCUT2D eigenvalue weighted by atomic mass is 10.1. The van der Waals surface area contributed by atoms with Gasteiger partial charge in [0.25, 0.3) is 0 Å². The maximum Gasteiger partial charge on any atom is 0.356 e. The van der Waals surface area contributed by atoms with Crippen molar-refractivity contribution in [2.45, 2.75) is 32.1 Å². The van der Waals surface area contributed by atoms with Crippen molar-refractivity contribution < 1.29 is 9.90 Å². The summed E-state index contributed by atoms with van der Waals surface area (Å²) < 4.78 is 1.65. The second kappa shape index (κ2) is 5.70. The fourth-order valence-corrected chi connectivity index (χ4v) is 3.18. The largest absolute Gasteiger partial charge is 0.476 e. The zero-order valence-corrected chi connectivity index (χ0v) is 12.8. The van der Waals surface area contributed by atoms with E-state index < -0.39 is 5.97 Å². The molecule has 1 aromatic carbocycles. The Kier molecular flexibility index (Phi) is 3.91. The minimum Gasteiger partial charge on any atom is -0.476 e. The number of carboxylic acids is 1. The second-order valence-corrected chi connectivity index (χ2v) is 5.91. The first-order chi connectivity index (χ1) is 10.1. The van der Waals surface area contributed by atoms with Crippen LogP contribution < -0.4 is 0 Å². The van der Waals surface area contributed by atoms with Gasteiger partial charge in [0.05, 0.1) is 15.7 Å². The summed E-state index contributed by atoms with van der Waals surface area (Å²) in [6.07, 6.45) is 4.66. The summed E-state index contributed by atoms with van der Waals surface area (Å²) in [6.45, 7) is 0. The fourth-order valence-electron chi connectivity index (χ4n) is 2.80. The molecule has 3 rings (SSSR count). The minimum absolute atomic E-state index is 0.128. The van der Waals surface area contributed by atoms with Crippen LogP contribution in [0.25, 0.3) is 5.69 Å². The van der Waals surface area contributed by atoms with E-state index in [2.05, 4.69) is 5.10 Å². The third kappa shape index (κ3) is 2.54. The number of fused-ring (bicyclic) bond motifs is 1. The summed E-state index contributed by atoms with van der Waals surface area (Å²) >= 11 is 12.3. The van der Waals surface area contributed by atoms with Crippen molar-refractivity contribution in [1.29, 1.82) is 0 Å². The third-order valence-electron chi connectivity index (χ3n) is 3.79. The highest BCUT2D eigenvalue weighted by Crippen LogP contribution is 2.32. The molecule has 0 fully saturated rings. The lowest BCUT2D eigenvalue weighted by Gasteiger charge is -2.10. The first-order valence-electron chi connectivity index (χ1n) is 6.88. The van der Waals surface area contributed by atoms with Crippen molar-refractivity contribution in [2.75, 3.05) is 0 Å². The SMILES string of the molecule is O=C(O)c1nn(-c2cccc(Cl)c2Cl)c2c1CCCCC2. The lowest BCUT2D eigenvalue weighted by molar-refractivity contribution is 0.0688. The molecule has 0 saturated heterocycles. The van der Waals surface area contributed by atoms with Gasteiger partial charge in [-0.3, -0.25) is 0 Å². The topological polar surface area (TPSA) is 55.1 Å². The van der Waals surface area contributed by atoms with Gasteiger partial charge in [0, 0.05) is 11.3 Å². The number of benzene rings is 1. The zero-order valence-electron chi connectivity index (χ0n) is 11.3. The molecular formula is C15H14Cl2N2O2. The van der Waals surface area contributed by atoms with Gasteiger partial charge in [-0.25, -0.2) is 9.48 Å². The van der Waals surface area contributed by atoms with Gasteiger partial charge in [0.1, 0.15) is 0 Å². The van der Waals surface area contributed by atoms with Crippen LogP contribution in [0, 0.1) is 0 Å². The second-order valence-electron chi connectivity index (χ2n) is 5.12. The van der Waals surface area contributed by atoms with Gasteiger partial charge < -0.3 is 5.11 Å². The molecule has 0 bridgehead atoms. The molecule has 0 amide bonds. The van der Waals surface area contributed by atoms with Crippen LogP contribution in [0.5, 0.6) is 0 Å². The van der Waals surface area contributed by atoms with Crippen molar-refractivity contribution in [3.8, 4) is 5.69 Å². The molecule has 1 aliphatic rings. The van der Waals surface area contributed by atoms with E-state index in [1.54, 1.807) is 22.9 Å². The van der Waals surface area contributed by atoms with Gasteiger partial charge in [-0.15, -0.1) is 0 Å². The average molecular weight is 325 g/mol. The van der Waals surface area contributed by atoms with Crippen LogP contribution in [0.3, 0.4) is 0 Å². The van der Waals surface area contributed by atoms with Crippen LogP contribution in [0.1, 0.15) is 41.0 Å². The highest BCUT2D eigenvalue weighted by molar-refractivity contribution is 6.43. The fraction of sp³-hybridized carbons (Fsp3) is 0.333. The van der Waals surface area contributed by atoms with Gasteiger partial charge in [0.2, 0.25) is 0 Å². The van der Waals surface area contributed by atoms with E-state index >= 15 is 0 Å². The molecule has 4 nitrogen and oxygen atoms in total. The molecule has 1 heterocycles. The molecule has 1 N–H and O–H groups in total. The average Bonchev–Trinajstić information content (AvgIpc) is 2.65. The Labute approximate surface area is 132 Å². The van der Waals surface area contributed by atoms with E-state index in [1.807, 2.05) is 0 Å². The van der Waals surface area contributed by atoms with Crippen molar-refractivity contribution in [3.05, 3.63) is 45.2 Å². The van der Waals surface area contributed by atoms with Crippen molar-refractivity contribution in [1.82, 2.24) is 9.78 Å². The maximum atomic E-state index is 11.4. The highest BCUT2D eigenvalue weighted by Gasteiger charge is 2.25. The monoisotopic (exact) mass is 324 g/mol. The van der Waals surface area contributed by atoms with Crippen molar-refractivity contribution in [2.24, 2.45) is 0 Å².